The molecule has 0 amide bonds. The molecule has 2 nitrogen and oxygen atoms in total. The summed E-state index contributed by atoms with van der Waals surface area (Å²) in [6, 6.07) is 6.53. The minimum absolute atomic E-state index is 0.177. The molecule has 1 saturated carbocycles. The number of aryl methyl sites for hydroxylation is 2. The van der Waals surface area contributed by atoms with Crippen LogP contribution >= 0.6 is 0 Å². The van der Waals surface area contributed by atoms with Crippen LogP contribution in [0.4, 0.5) is 5.69 Å². The predicted octanol–water partition coefficient (Wildman–Crippen LogP) is 2.63. The van der Waals surface area contributed by atoms with Crippen LogP contribution in [0.15, 0.2) is 18.2 Å². The standard InChI is InChI=1S/C13H19NO/c1-9-5-3-6-10(2)13(9)14-11-7-4-8-12(11)15/h3,5-6,11-12,14-15H,4,7-8H2,1-2H3/t11-,12-/m1/s1. The van der Waals surface area contributed by atoms with Crippen molar-refractivity contribution < 1.29 is 5.11 Å². The Morgan fingerprint density at radius 1 is 1.20 bits per heavy atom. The van der Waals surface area contributed by atoms with Crippen LogP contribution in [0.5, 0.6) is 0 Å². The third kappa shape index (κ3) is 2.15. The van der Waals surface area contributed by atoms with Crippen LogP contribution in [0.1, 0.15) is 30.4 Å². The first-order chi connectivity index (χ1) is 7.18. The molecule has 1 aromatic rings. The van der Waals surface area contributed by atoms with Gasteiger partial charge in [0.05, 0.1) is 12.1 Å². The normalized spacial score (nSPS) is 25.5. The zero-order chi connectivity index (χ0) is 10.8. The van der Waals surface area contributed by atoms with Crippen LogP contribution in [-0.2, 0) is 0 Å². The molecule has 0 saturated heterocycles. The Hall–Kier alpha value is -1.02. The molecule has 0 spiro atoms. The lowest BCUT2D eigenvalue weighted by molar-refractivity contribution is 0.172. The van der Waals surface area contributed by atoms with Crippen molar-refractivity contribution in [1.82, 2.24) is 0 Å². The zero-order valence-corrected chi connectivity index (χ0v) is 9.46. The number of anilines is 1. The summed E-state index contributed by atoms with van der Waals surface area (Å²) in [5.74, 6) is 0. The minimum atomic E-state index is -0.177. The molecular formula is C13H19NO. The number of hydrogen-bond donors (Lipinski definition) is 2. The van der Waals surface area contributed by atoms with E-state index in [2.05, 4.69) is 37.4 Å². The van der Waals surface area contributed by atoms with E-state index in [-0.39, 0.29) is 12.1 Å². The second-order valence-electron chi connectivity index (χ2n) is 4.52. The average Bonchev–Trinajstić information content (AvgIpc) is 2.58. The highest BCUT2D eigenvalue weighted by atomic mass is 16.3. The SMILES string of the molecule is Cc1cccc(C)c1N[C@@H]1CCC[C@H]1O. The van der Waals surface area contributed by atoms with E-state index in [1.807, 2.05) is 0 Å². The molecule has 0 unspecified atom stereocenters. The molecule has 1 fully saturated rings. The summed E-state index contributed by atoms with van der Waals surface area (Å²) >= 11 is 0. The maximum atomic E-state index is 9.77. The predicted molar refractivity (Wildman–Crippen MR) is 63.2 cm³/mol. The van der Waals surface area contributed by atoms with Crippen molar-refractivity contribution in [1.29, 1.82) is 0 Å². The number of rotatable bonds is 2. The molecule has 0 heterocycles. The molecule has 2 heteroatoms. The van der Waals surface area contributed by atoms with Crippen molar-refractivity contribution in [2.45, 2.75) is 45.3 Å². The number of benzene rings is 1. The third-order valence-electron chi connectivity index (χ3n) is 3.29. The second-order valence-corrected chi connectivity index (χ2v) is 4.52. The Morgan fingerprint density at radius 3 is 2.40 bits per heavy atom. The largest absolute Gasteiger partial charge is 0.391 e. The van der Waals surface area contributed by atoms with Gasteiger partial charge in [-0.2, -0.15) is 0 Å². The third-order valence-corrected chi connectivity index (χ3v) is 3.29. The van der Waals surface area contributed by atoms with Gasteiger partial charge in [-0.05, 0) is 44.2 Å². The van der Waals surface area contributed by atoms with Crippen molar-refractivity contribution >= 4 is 5.69 Å². The van der Waals surface area contributed by atoms with Gasteiger partial charge in [-0.3, -0.25) is 0 Å². The Kier molecular flexibility index (Phi) is 2.96. The van der Waals surface area contributed by atoms with Gasteiger partial charge in [0.15, 0.2) is 0 Å². The first-order valence-electron chi connectivity index (χ1n) is 5.69. The topological polar surface area (TPSA) is 32.3 Å². The van der Waals surface area contributed by atoms with E-state index in [4.69, 9.17) is 0 Å². The molecule has 2 rings (SSSR count). The Balaban J connectivity index is 2.16. The monoisotopic (exact) mass is 205 g/mol. The van der Waals surface area contributed by atoms with E-state index < -0.39 is 0 Å². The lowest BCUT2D eigenvalue weighted by Gasteiger charge is -2.20. The fraction of sp³-hybridized carbons (Fsp3) is 0.538. The summed E-state index contributed by atoms with van der Waals surface area (Å²) in [7, 11) is 0. The Morgan fingerprint density at radius 2 is 1.87 bits per heavy atom. The first kappa shape index (κ1) is 10.5. The van der Waals surface area contributed by atoms with Gasteiger partial charge in [-0.25, -0.2) is 0 Å². The molecule has 1 aromatic carbocycles. The first-order valence-corrected chi connectivity index (χ1v) is 5.69. The number of para-hydroxylation sites is 1. The lowest BCUT2D eigenvalue weighted by atomic mass is 10.1. The van der Waals surface area contributed by atoms with Gasteiger partial charge in [0, 0.05) is 5.69 Å². The molecule has 15 heavy (non-hydrogen) atoms. The molecule has 0 aromatic heterocycles. The second kappa shape index (κ2) is 4.23. The number of aliphatic hydroxyl groups excluding tert-OH is 1. The summed E-state index contributed by atoms with van der Waals surface area (Å²) in [5, 5.41) is 13.2. The average molecular weight is 205 g/mol. The van der Waals surface area contributed by atoms with E-state index in [0.717, 1.165) is 19.3 Å². The van der Waals surface area contributed by atoms with E-state index in [1.165, 1.54) is 16.8 Å². The molecule has 2 N–H and O–H groups in total. The quantitative estimate of drug-likeness (QED) is 0.778. The fourth-order valence-corrected chi connectivity index (χ4v) is 2.34. The zero-order valence-electron chi connectivity index (χ0n) is 9.46. The summed E-state index contributed by atoms with van der Waals surface area (Å²) in [6.45, 7) is 4.22. The van der Waals surface area contributed by atoms with Crippen molar-refractivity contribution in [3.8, 4) is 0 Å². The van der Waals surface area contributed by atoms with Crippen LogP contribution < -0.4 is 5.32 Å². The van der Waals surface area contributed by atoms with Crippen LogP contribution in [0.2, 0.25) is 0 Å². The highest BCUT2D eigenvalue weighted by Crippen LogP contribution is 2.26. The summed E-state index contributed by atoms with van der Waals surface area (Å²) in [5.41, 5.74) is 3.71. The number of nitrogens with one attached hydrogen (secondary N) is 1. The van der Waals surface area contributed by atoms with Gasteiger partial charge in [-0.15, -0.1) is 0 Å². The van der Waals surface area contributed by atoms with Crippen LogP contribution in [0.25, 0.3) is 0 Å². The summed E-state index contributed by atoms with van der Waals surface area (Å²) in [6.07, 6.45) is 2.96. The molecule has 2 atom stereocenters. The van der Waals surface area contributed by atoms with Gasteiger partial charge < -0.3 is 10.4 Å². The van der Waals surface area contributed by atoms with Crippen LogP contribution in [-0.4, -0.2) is 17.3 Å². The van der Waals surface area contributed by atoms with E-state index in [0.29, 0.717) is 0 Å². The minimum Gasteiger partial charge on any atom is -0.391 e. The molecule has 1 aliphatic carbocycles. The molecule has 82 valence electrons. The highest BCUT2D eigenvalue weighted by Gasteiger charge is 2.25. The lowest BCUT2D eigenvalue weighted by Crippen LogP contribution is -2.28. The van der Waals surface area contributed by atoms with Crippen molar-refractivity contribution in [2.24, 2.45) is 0 Å². The van der Waals surface area contributed by atoms with Gasteiger partial charge in [0.2, 0.25) is 0 Å². The fourth-order valence-electron chi connectivity index (χ4n) is 2.34. The number of aliphatic hydroxyl groups is 1. The molecule has 0 bridgehead atoms. The highest BCUT2D eigenvalue weighted by molar-refractivity contribution is 5.57. The van der Waals surface area contributed by atoms with Gasteiger partial charge in [0.25, 0.3) is 0 Å². The van der Waals surface area contributed by atoms with Crippen molar-refractivity contribution in [2.75, 3.05) is 5.32 Å². The maximum Gasteiger partial charge on any atom is 0.0741 e. The molecule has 0 aliphatic heterocycles. The number of hydrogen-bond acceptors (Lipinski definition) is 2. The van der Waals surface area contributed by atoms with E-state index in [1.54, 1.807) is 0 Å². The molecular weight excluding hydrogens is 186 g/mol. The van der Waals surface area contributed by atoms with Gasteiger partial charge in [0.1, 0.15) is 0 Å². The summed E-state index contributed by atoms with van der Waals surface area (Å²) in [4.78, 5) is 0. The summed E-state index contributed by atoms with van der Waals surface area (Å²) < 4.78 is 0. The Labute approximate surface area is 91.3 Å². The van der Waals surface area contributed by atoms with Crippen LogP contribution in [0.3, 0.4) is 0 Å². The maximum absolute atomic E-state index is 9.77. The van der Waals surface area contributed by atoms with Gasteiger partial charge in [-0.1, -0.05) is 18.2 Å². The van der Waals surface area contributed by atoms with Crippen LogP contribution in [0, 0.1) is 13.8 Å². The molecule has 0 radical (unpaired) electrons. The Bertz CT molecular complexity index is 328. The van der Waals surface area contributed by atoms with Gasteiger partial charge >= 0.3 is 0 Å². The smallest absolute Gasteiger partial charge is 0.0741 e. The van der Waals surface area contributed by atoms with E-state index in [9.17, 15) is 5.11 Å². The van der Waals surface area contributed by atoms with E-state index >= 15 is 0 Å². The van der Waals surface area contributed by atoms with Crippen molar-refractivity contribution in [3.63, 3.8) is 0 Å². The molecule has 1 aliphatic rings. The van der Waals surface area contributed by atoms with Crippen molar-refractivity contribution in [3.05, 3.63) is 29.3 Å².